The van der Waals surface area contributed by atoms with Crippen LogP contribution in [0.3, 0.4) is 0 Å². The Morgan fingerprint density at radius 3 is 2.48 bits per heavy atom. The van der Waals surface area contributed by atoms with E-state index in [1.165, 1.54) is 23.1 Å². The van der Waals surface area contributed by atoms with Crippen LogP contribution in [0.2, 0.25) is 3.67 Å². The largest absolute Gasteiger partial charge is 1.00 e. The third kappa shape index (κ3) is 4.36. The van der Waals surface area contributed by atoms with E-state index in [4.69, 9.17) is 0 Å². The van der Waals surface area contributed by atoms with Crippen molar-refractivity contribution in [2.24, 2.45) is 0 Å². The average Bonchev–Trinajstić information content (AvgIpc) is 3.28. The van der Waals surface area contributed by atoms with E-state index in [1.807, 2.05) is 0 Å². The molecule has 0 unspecified atom stereocenters. The average molecular weight is 562 g/mol. The van der Waals surface area contributed by atoms with Crippen molar-refractivity contribution in [3.05, 3.63) is 90.6 Å². The van der Waals surface area contributed by atoms with Gasteiger partial charge >= 0.3 is 159 Å². The molecule has 2 aliphatic carbocycles. The molecule has 138 valence electrons. The maximum absolute atomic E-state index is 3.93. The van der Waals surface area contributed by atoms with Crippen molar-refractivity contribution < 1.29 is 45.8 Å². The monoisotopic (exact) mass is 562 g/mol. The van der Waals surface area contributed by atoms with Crippen LogP contribution in [0.1, 0.15) is 30.9 Å². The van der Waals surface area contributed by atoms with Crippen molar-refractivity contribution in [1.82, 2.24) is 0 Å². The van der Waals surface area contributed by atoms with Crippen LogP contribution in [0, 0.1) is 0 Å². The molecule has 2 aromatic rings. The minimum absolute atomic E-state index is 0. The second-order valence-electron chi connectivity index (χ2n) is 6.98. The first-order chi connectivity index (χ1) is 12.3. The zero-order valence-electron chi connectivity index (χ0n) is 15.6. The molecular weight excluding hydrogens is 538 g/mol. The molecule has 0 heterocycles. The minimum atomic E-state index is -2.16. The van der Waals surface area contributed by atoms with Gasteiger partial charge in [0.2, 0.25) is 0 Å². The van der Waals surface area contributed by atoms with Crippen molar-refractivity contribution >= 4 is 6.58 Å². The molecule has 2 aromatic carbocycles. The van der Waals surface area contributed by atoms with Gasteiger partial charge in [0.05, 0.1) is 0 Å². The van der Waals surface area contributed by atoms with Crippen LogP contribution in [-0.4, -0.2) is 3.26 Å². The quantitative estimate of drug-likeness (QED) is 0.294. The van der Waals surface area contributed by atoms with E-state index in [0.717, 1.165) is 12.8 Å². The van der Waals surface area contributed by atoms with E-state index in [-0.39, 0.29) is 24.8 Å². The molecule has 0 fully saturated rings. The predicted molar refractivity (Wildman–Crippen MR) is 106 cm³/mol. The Hall–Kier alpha value is -1.02. The Morgan fingerprint density at radius 1 is 1.04 bits per heavy atom. The fraction of sp³-hybridized carbons (Fsp3) is 0.208. The van der Waals surface area contributed by atoms with Gasteiger partial charge in [-0.25, -0.2) is 0 Å². The van der Waals surface area contributed by atoms with E-state index in [2.05, 4.69) is 86.3 Å². The van der Waals surface area contributed by atoms with Gasteiger partial charge < -0.3 is 24.8 Å². The van der Waals surface area contributed by atoms with E-state index in [9.17, 15) is 0 Å². The number of halogens is 2. The van der Waals surface area contributed by atoms with Crippen molar-refractivity contribution in [3.63, 3.8) is 0 Å². The number of fused-ring (bicyclic) bond motifs is 3. The summed E-state index contributed by atoms with van der Waals surface area (Å²) in [5.74, 6) is 0. The maximum atomic E-state index is 3.93. The van der Waals surface area contributed by atoms with Gasteiger partial charge in [-0.15, -0.1) is 0 Å². The van der Waals surface area contributed by atoms with Gasteiger partial charge in [-0.1, -0.05) is 0 Å². The second-order valence-corrected chi connectivity index (χ2v) is 17.4. The van der Waals surface area contributed by atoms with Gasteiger partial charge in [0.15, 0.2) is 0 Å². The molecule has 3 heteroatoms. The van der Waals surface area contributed by atoms with Crippen LogP contribution in [0.5, 0.6) is 0 Å². The van der Waals surface area contributed by atoms with Crippen molar-refractivity contribution in [1.29, 1.82) is 0 Å². The van der Waals surface area contributed by atoms with Crippen LogP contribution in [0.15, 0.2) is 79.4 Å². The molecule has 0 spiro atoms. The summed E-state index contributed by atoms with van der Waals surface area (Å²) in [5.41, 5.74) is 6.05. The Labute approximate surface area is 182 Å². The topological polar surface area (TPSA) is 0 Å². The van der Waals surface area contributed by atoms with Crippen LogP contribution in [-0.2, 0) is 27.4 Å². The molecule has 0 saturated heterocycles. The summed E-state index contributed by atoms with van der Waals surface area (Å²) in [5, 5.41) is 0. The maximum Gasteiger partial charge on any atom is -1.00 e. The number of hydrogen-bond acceptors (Lipinski definition) is 0. The van der Waals surface area contributed by atoms with Gasteiger partial charge in [0, 0.05) is 0 Å². The third-order valence-corrected chi connectivity index (χ3v) is 17.2. The third-order valence-electron chi connectivity index (χ3n) is 5.41. The smallest absolute Gasteiger partial charge is 1.00 e. The summed E-state index contributed by atoms with van der Waals surface area (Å²) in [4.78, 5) is 0. The first-order valence-electron chi connectivity index (χ1n) is 9.15. The molecule has 0 amide bonds. The second kappa shape index (κ2) is 9.96. The number of hydrogen-bond donors (Lipinski definition) is 0. The summed E-state index contributed by atoms with van der Waals surface area (Å²) >= 11 is -2.16. The molecule has 0 nitrogen and oxygen atoms in total. The van der Waals surface area contributed by atoms with Gasteiger partial charge in [-0.05, 0) is 0 Å². The van der Waals surface area contributed by atoms with Crippen LogP contribution in [0.25, 0.3) is 11.1 Å². The molecule has 0 aliphatic heterocycles. The summed E-state index contributed by atoms with van der Waals surface area (Å²) in [6.45, 7) is 6.35. The Balaban J connectivity index is 0.00000131. The zero-order valence-corrected chi connectivity index (χ0v) is 20.7. The fourth-order valence-corrected chi connectivity index (χ4v) is 15.8. The van der Waals surface area contributed by atoms with E-state index in [1.54, 1.807) is 12.1 Å². The first kappa shape index (κ1) is 22.3. The van der Waals surface area contributed by atoms with E-state index < -0.39 is 21.0 Å². The van der Waals surface area contributed by atoms with Gasteiger partial charge in [-0.3, -0.25) is 0 Å². The Kier molecular flexibility index (Phi) is 8.21. The molecule has 0 bridgehead atoms. The molecule has 0 N–H and O–H groups in total. The number of rotatable bonds is 5. The zero-order chi connectivity index (χ0) is 17.2. The van der Waals surface area contributed by atoms with Crippen molar-refractivity contribution in [3.8, 4) is 11.1 Å². The molecule has 0 radical (unpaired) electrons. The van der Waals surface area contributed by atoms with Gasteiger partial charge in [0.25, 0.3) is 0 Å². The minimum Gasteiger partial charge on any atom is -1.00 e. The normalized spacial score (nSPS) is 14.0. The fourth-order valence-electron chi connectivity index (χ4n) is 4.18. The summed E-state index contributed by atoms with van der Waals surface area (Å²) in [6, 6.07) is 16.0. The van der Waals surface area contributed by atoms with Crippen LogP contribution < -0.4 is 28.1 Å². The molecule has 0 aromatic heterocycles. The standard InChI is InChI=1S/C13H9.C6H10.C5H5.2ClH.Hf/c1-3-7-12-10(5-1)9-11-6-2-4-8-13(11)12;1-3-5-6-4-2;1-2-4-5-3-1;;;/h1-5,7-8H,9H2;3H,1,5-6H2,2H3;1-5H;2*1H;/q;;;;;+2/p-2. The number of allylic oxidation sites excluding steroid dienone is 5. The van der Waals surface area contributed by atoms with E-state index >= 15 is 0 Å². The predicted octanol–water partition coefficient (Wildman–Crippen LogP) is -0.418. The van der Waals surface area contributed by atoms with Crippen LogP contribution >= 0.6 is 0 Å². The molecule has 2 aliphatic rings. The first-order valence-corrected chi connectivity index (χ1v) is 14.8. The Bertz CT molecular complexity index is 910. The molecule has 0 saturated carbocycles. The summed E-state index contributed by atoms with van der Waals surface area (Å²) in [7, 11) is 0. The van der Waals surface area contributed by atoms with Crippen molar-refractivity contribution in [2.75, 3.05) is 0 Å². The summed E-state index contributed by atoms with van der Waals surface area (Å²) < 4.78 is 4.18. The van der Waals surface area contributed by atoms with Crippen LogP contribution in [0.4, 0.5) is 0 Å². The molecule has 0 atom stereocenters. The SMILES string of the molecule is C=CCC[C](C)=[Hf+2]([c]1cccc2c1Cc1ccccc1-2)[CH]1C=CC=C1.[Cl-].[Cl-]. The molecular formula is C24H24Cl2Hf. The van der Waals surface area contributed by atoms with Gasteiger partial charge in [-0.2, -0.15) is 0 Å². The molecule has 4 rings (SSSR count). The Morgan fingerprint density at radius 2 is 1.74 bits per heavy atom. The van der Waals surface area contributed by atoms with Crippen molar-refractivity contribution in [2.45, 2.75) is 29.9 Å². The summed E-state index contributed by atoms with van der Waals surface area (Å²) in [6.07, 6.45) is 14.9. The molecule has 27 heavy (non-hydrogen) atoms. The number of benzene rings is 2. The van der Waals surface area contributed by atoms with E-state index in [0.29, 0.717) is 3.67 Å². The van der Waals surface area contributed by atoms with Gasteiger partial charge in [0.1, 0.15) is 0 Å².